The smallest absolute Gasteiger partial charge is 0.253 e. The number of benzene rings is 2. The summed E-state index contributed by atoms with van der Waals surface area (Å²) < 4.78 is 10.6. The first-order valence-electron chi connectivity index (χ1n) is 11.6. The van der Waals surface area contributed by atoms with Crippen LogP contribution in [-0.2, 0) is 16.0 Å². The maximum absolute atomic E-state index is 13.1. The van der Waals surface area contributed by atoms with E-state index in [1.807, 2.05) is 36.4 Å². The van der Waals surface area contributed by atoms with E-state index in [0.717, 1.165) is 5.56 Å². The summed E-state index contributed by atoms with van der Waals surface area (Å²) in [5.74, 6) is 1.01. The lowest BCUT2D eigenvalue weighted by atomic mass is 10.1. The predicted molar refractivity (Wildman–Crippen MR) is 127 cm³/mol. The predicted octanol–water partition coefficient (Wildman–Crippen LogP) is 2.08. The van der Waals surface area contributed by atoms with E-state index in [-0.39, 0.29) is 30.1 Å². The molecule has 0 bridgehead atoms. The number of carbonyl (C=O) groups excluding carboxylic acids is 3. The number of methoxy groups -OCH3 is 2. The summed E-state index contributed by atoms with van der Waals surface area (Å²) in [6.45, 7) is 2.99. The fourth-order valence-electron chi connectivity index (χ4n) is 4.61. The minimum absolute atomic E-state index is 0.00813. The number of carbonyl (C=O) groups is 3. The number of hydrogen-bond acceptors (Lipinski definition) is 5. The first kappa shape index (κ1) is 23.6. The van der Waals surface area contributed by atoms with Gasteiger partial charge in [0.1, 0.15) is 0 Å². The molecular formula is C26H31N3O5. The highest BCUT2D eigenvalue weighted by Gasteiger charge is 2.37. The summed E-state index contributed by atoms with van der Waals surface area (Å²) in [5, 5.41) is 0. The zero-order valence-electron chi connectivity index (χ0n) is 19.7. The van der Waals surface area contributed by atoms with Gasteiger partial charge in [0.05, 0.1) is 20.1 Å². The molecule has 0 unspecified atom stereocenters. The molecule has 8 heteroatoms. The summed E-state index contributed by atoms with van der Waals surface area (Å²) >= 11 is 0. The van der Waals surface area contributed by atoms with E-state index in [1.54, 1.807) is 41.1 Å². The van der Waals surface area contributed by atoms with Crippen LogP contribution in [0, 0.1) is 5.92 Å². The molecule has 0 aliphatic carbocycles. The Morgan fingerprint density at radius 1 is 0.912 bits per heavy atom. The lowest BCUT2D eigenvalue weighted by Gasteiger charge is -2.36. The topological polar surface area (TPSA) is 79.4 Å². The summed E-state index contributed by atoms with van der Waals surface area (Å²) in [5.41, 5.74) is 1.70. The Kier molecular flexibility index (Phi) is 7.35. The molecule has 8 nitrogen and oxygen atoms in total. The zero-order valence-corrected chi connectivity index (χ0v) is 19.7. The number of piperazine rings is 1. The standard InChI is InChI=1S/C26H31N3O5/c1-33-22-9-8-19(16-23(22)34-2)10-11-29-18-21(17-24(29)30)26(32)28-14-12-27(13-15-28)25(31)20-6-4-3-5-7-20/h3-9,16,21H,10-15,17-18H2,1-2H3/t21-/m0/s1. The van der Waals surface area contributed by atoms with Gasteiger partial charge in [0.2, 0.25) is 11.8 Å². The van der Waals surface area contributed by atoms with Gasteiger partial charge >= 0.3 is 0 Å². The summed E-state index contributed by atoms with van der Waals surface area (Å²) in [7, 11) is 3.19. The van der Waals surface area contributed by atoms with Gasteiger partial charge in [-0.1, -0.05) is 24.3 Å². The van der Waals surface area contributed by atoms with Gasteiger partial charge in [0.15, 0.2) is 11.5 Å². The quantitative estimate of drug-likeness (QED) is 0.626. The SMILES string of the molecule is COc1ccc(CCN2C[C@@H](C(=O)N3CCN(C(=O)c4ccccc4)CC3)CC2=O)cc1OC. The lowest BCUT2D eigenvalue weighted by molar-refractivity contribution is -0.137. The van der Waals surface area contributed by atoms with Gasteiger partial charge in [0, 0.05) is 51.3 Å². The number of ether oxygens (including phenoxy) is 2. The lowest BCUT2D eigenvalue weighted by Crippen LogP contribution is -2.52. The molecule has 2 aliphatic heterocycles. The highest BCUT2D eigenvalue weighted by atomic mass is 16.5. The molecule has 0 aromatic heterocycles. The molecule has 2 aromatic rings. The van der Waals surface area contributed by atoms with Crippen molar-refractivity contribution in [1.29, 1.82) is 0 Å². The minimum Gasteiger partial charge on any atom is -0.493 e. The molecule has 2 aromatic carbocycles. The number of rotatable bonds is 7. The molecule has 2 fully saturated rings. The van der Waals surface area contributed by atoms with E-state index in [0.29, 0.717) is 62.8 Å². The third kappa shape index (κ3) is 5.16. The Bertz CT molecular complexity index is 1030. The Morgan fingerprint density at radius 2 is 1.59 bits per heavy atom. The van der Waals surface area contributed by atoms with Crippen LogP contribution in [0.15, 0.2) is 48.5 Å². The molecule has 34 heavy (non-hydrogen) atoms. The number of nitrogens with zero attached hydrogens (tertiary/aromatic N) is 3. The monoisotopic (exact) mass is 465 g/mol. The van der Waals surface area contributed by atoms with Crippen molar-refractivity contribution in [1.82, 2.24) is 14.7 Å². The normalized spacial score (nSPS) is 18.2. The third-order valence-electron chi connectivity index (χ3n) is 6.58. The molecule has 4 rings (SSSR count). The Balaban J connectivity index is 1.27. The fourth-order valence-corrected chi connectivity index (χ4v) is 4.61. The Labute approximate surface area is 200 Å². The molecule has 0 saturated carbocycles. The van der Waals surface area contributed by atoms with E-state index in [1.165, 1.54) is 0 Å². The van der Waals surface area contributed by atoms with Crippen LogP contribution in [-0.4, -0.2) is 85.9 Å². The fraction of sp³-hybridized carbons (Fsp3) is 0.423. The van der Waals surface area contributed by atoms with Gasteiger partial charge in [-0.05, 0) is 36.2 Å². The zero-order chi connectivity index (χ0) is 24.1. The molecular weight excluding hydrogens is 434 g/mol. The van der Waals surface area contributed by atoms with Crippen molar-refractivity contribution in [3.8, 4) is 11.5 Å². The van der Waals surface area contributed by atoms with E-state index < -0.39 is 0 Å². The van der Waals surface area contributed by atoms with Gasteiger partial charge in [-0.15, -0.1) is 0 Å². The van der Waals surface area contributed by atoms with Crippen molar-refractivity contribution in [2.24, 2.45) is 5.92 Å². The molecule has 0 N–H and O–H groups in total. The highest BCUT2D eigenvalue weighted by molar-refractivity contribution is 5.94. The van der Waals surface area contributed by atoms with Crippen molar-refractivity contribution in [3.63, 3.8) is 0 Å². The average Bonchev–Trinajstić information content (AvgIpc) is 3.27. The van der Waals surface area contributed by atoms with Crippen molar-refractivity contribution in [2.75, 3.05) is 53.5 Å². The van der Waals surface area contributed by atoms with Crippen LogP contribution in [0.5, 0.6) is 11.5 Å². The van der Waals surface area contributed by atoms with E-state index in [4.69, 9.17) is 9.47 Å². The van der Waals surface area contributed by atoms with Crippen molar-refractivity contribution in [3.05, 3.63) is 59.7 Å². The first-order chi connectivity index (χ1) is 16.5. The van der Waals surface area contributed by atoms with E-state index in [9.17, 15) is 14.4 Å². The maximum atomic E-state index is 13.1. The van der Waals surface area contributed by atoms with Crippen LogP contribution in [0.1, 0.15) is 22.3 Å². The summed E-state index contributed by atoms with van der Waals surface area (Å²) in [6.07, 6.45) is 0.918. The number of amides is 3. The van der Waals surface area contributed by atoms with E-state index in [2.05, 4.69) is 0 Å². The van der Waals surface area contributed by atoms with Crippen LogP contribution < -0.4 is 9.47 Å². The summed E-state index contributed by atoms with van der Waals surface area (Å²) in [4.78, 5) is 43.6. The first-order valence-corrected chi connectivity index (χ1v) is 11.6. The second-order valence-corrected chi connectivity index (χ2v) is 8.66. The second-order valence-electron chi connectivity index (χ2n) is 8.66. The second kappa shape index (κ2) is 10.6. The molecule has 0 spiro atoms. The van der Waals surface area contributed by atoms with Crippen LogP contribution in [0.25, 0.3) is 0 Å². The molecule has 1 atom stereocenters. The number of likely N-dealkylation sites (tertiary alicyclic amines) is 1. The molecule has 2 heterocycles. The molecule has 0 radical (unpaired) electrons. The number of hydrogen-bond donors (Lipinski definition) is 0. The van der Waals surface area contributed by atoms with Crippen LogP contribution in [0.2, 0.25) is 0 Å². The van der Waals surface area contributed by atoms with Gasteiger partial charge < -0.3 is 24.2 Å². The minimum atomic E-state index is -0.325. The maximum Gasteiger partial charge on any atom is 0.253 e. The average molecular weight is 466 g/mol. The molecule has 2 saturated heterocycles. The van der Waals surface area contributed by atoms with Gasteiger partial charge in [-0.2, -0.15) is 0 Å². The molecule has 2 aliphatic rings. The van der Waals surface area contributed by atoms with Crippen LogP contribution >= 0.6 is 0 Å². The van der Waals surface area contributed by atoms with Crippen LogP contribution in [0.4, 0.5) is 0 Å². The third-order valence-corrected chi connectivity index (χ3v) is 6.58. The summed E-state index contributed by atoms with van der Waals surface area (Å²) in [6, 6.07) is 14.9. The van der Waals surface area contributed by atoms with Crippen molar-refractivity contribution >= 4 is 17.7 Å². The van der Waals surface area contributed by atoms with Gasteiger partial charge in [-0.3, -0.25) is 14.4 Å². The van der Waals surface area contributed by atoms with Gasteiger partial charge in [0.25, 0.3) is 5.91 Å². The van der Waals surface area contributed by atoms with Gasteiger partial charge in [-0.25, -0.2) is 0 Å². The van der Waals surface area contributed by atoms with Crippen LogP contribution in [0.3, 0.4) is 0 Å². The van der Waals surface area contributed by atoms with Crippen molar-refractivity contribution in [2.45, 2.75) is 12.8 Å². The highest BCUT2D eigenvalue weighted by Crippen LogP contribution is 2.28. The Morgan fingerprint density at radius 3 is 2.26 bits per heavy atom. The molecule has 3 amide bonds. The largest absolute Gasteiger partial charge is 0.493 e. The van der Waals surface area contributed by atoms with E-state index >= 15 is 0 Å². The molecule has 180 valence electrons. The van der Waals surface area contributed by atoms with Crippen molar-refractivity contribution < 1.29 is 23.9 Å². The Hall–Kier alpha value is -3.55.